The number of amides is 3. The predicted molar refractivity (Wildman–Crippen MR) is 105 cm³/mol. The SMILES string of the molecule is O=C(O)CCC(NC(=O)CNC(=O)C(Cc1cnc[nH]1)NC(=O)C1CCCN1)C(=O)O. The maximum atomic E-state index is 12.6. The van der Waals surface area contributed by atoms with Crippen molar-refractivity contribution in [3.8, 4) is 0 Å². The van der Waals surface area contributed by atoms with Gasteiger partial charge in [0.2, 0.25) is 17.7 Å². The molecule has 1 aliphatic rings. The largest absolute Gasteiger partial charge is 0.481 e. The highest BCUT2D eigenvalue weighted by Gasteiger charge is 2.28. The van der Waals surface area contributed by atoms with E-state index in [2.05, 4.69) is 31.2 Å². The average Bonchev–Trinajstić information content (AvgIpc) is 3.42. The molecular formula is C18H26N6O7. The Morgan fingerprint density at radius 1 is 1.16 bits per heavy atom. The van der Waals surface area contributed by atoms with Crippen LogP contribution >= 0.6 is 0 Å². The minimum Gasteiger partial charge on any atom is -0.481 e. The van der Waals surface area contributed by atoms with Crippen LogP contribution < -0.4 is 21.3 Å². The Balaban J connectivity index is 1.91. The monoisotopic (exact) mass is 438 g/mol. The van der Waals surface area contributed by atoms with E-state index in [1.165, 1.54) is 12.5 Å². The first-order chi connectivity index (χ1) is 14.8. The number of carboxylic acids is 2. The molecule has 13 nitrogen and oxygen atoms in total. The van der Waals surface area contributed by atoms with Gasteiger partial charge in [0.25, 0.3) is 0 Å². The highest BCUT2D eigenvalue weighted by Crippen LogP contribution is 2.06. The Kier molecular flexibility index (Phi) is 8.94. The lowest BCUT2D eigenvalue weighted by atomic mass is 10.1. The van der Waals surface area contributed by atoms with E-state index in [0.717, 1.165) is 6.42 Å². The second kappa shape index (κ2) is 11.6. The number of aliphatic carboxylic acids is 2. The summed E-state index contributed by atoms with van der Waals surface area (Å²) in [4.78, 5) is 65.5. The lowest BCUT2D eigenvalue weighted by molar-refractivity contribution is -0.143. The highest BCUT2D eigenvalue weighted by atomic mass is 16.4. The molecule has 1 aromatic rings. The molecule has 13 heteroatoms. The second-order valence-electron chi connectivity index (χ2n) is 7.10. The van der Waals surface area contributed by atoms with Crippen LogP contribution in [0.1, 0.15) is 31.4 Å². The van der Waals surface area contributed by atoms with Crippen LogP contribution in [0.5, 0.6) is 0 Å². The third kappa shape index (κ3) is 8.04. The number of rotatable bonds is 12. The lowest BCUT2D eigenvalue weighted by Gasteiger charge is -2.20. The molecular weight excluding hydrogens is 412 g/mol. The van der Waals surface area contributed by atoms with Gasteiger partial charge in [0.1, 0.15) is 12.1 Å². The molecule has 3 atom stereocenters. The Morgan fingerprint density at radius 2 is 1.94 bits per heavy atom. The number of H-pyrrole nitrogens is 1. The van der Waals surface area contributed by atoms with Gasteiger partial charge in [-0.2, -0.15) is 0 Å². The van der Waals surface area contributed by atoms with Crippen LogP contribution in [-0.2, 0) is 30.4 Å². The molecule has 170 valence electrons. The van der Waals surface area contributed by atoms with Crippen LogP contribution in [0.2, 0.25) is 0 Å². The van der Waals surface area contributed by atoms with Gasteiger partial charge >= 0.3 is 11.9 Å². The first-order valence-corrected chi connectivity index (χ1v) is 9.79. The van der Waals surface area contributed by atoms with Crippen molar-refractivity contribution < 1.29 is 34.2 Å². The van der Waals surface area contributed by atoms with Gasteiger partial charge in [-0.1, -0.05) is 0 Å². The number of hydrogen-bond acceptors (Lipinski definition) is 7. The zero-order valence-electron chi connectivity index (χ0n) is 16.7. The van der Waals surface area contributed by atoms with E-state index in [1.807, 2.05) is 0 Å². The molecule has 1 fully saturated rings. The van der Waals surface area contributed by atoms with Gasteiger partial charge < -0.3 is 36.5 Å². The van der Waals surface area contributed by atoms with Crippen molar-refractivity contribution in [1.82, 2.24) is 31.2 Å². The smallest absolute Gasteiger partial charge is 0.326 e. The number of nitrogens with one attached hydrogen (secondary N) is 5. The number of nitrogens with zero attached hydrogens (tertiary/aromatic N) is 1. The van der Waals surface area contributed by atoms with Gasteiger partial charge in [0.15, 0.2) is 0 Å². The zero-order valence-corrected chi connectivity index (χ0v) is 16.7. The molecule has 1 aliphatic heterocycles. The minimum atomic E-state index is -1.39. The molecule has 31 heavy (non-hydrogen) atoms. The molecule has 7 N–H and O–H groups in total. The molecule has 1 aromatic heterocycles. The van der Waals surface area contributed by atoms with Crippen molar-refractivity contribution in [3.05, 3.63) is 18.2 Å². The number of aromatic amines is 1. The van der Waals surface area contributed by atoms with Crippen LogP contribution in [0.15, 0.2) is 12.5 Å². The summed E-state index contributed by atoms with van der Waals surface area (Å²) in [6, 6.07) is -2.77. The minimum absolute atomic E-state index is 0.113. The summed E-state index contributed by atoms with van der Waals surface area (Å²) >= 11 is 0. The Labute approximate surface area is 177 Å². The van der Waals surface area contributed by atoms with E-state index in [4.69, 9.17) is 10.2 Å². The summed E-state index contributed by atoms with van der Waals surface area (Å²) in [6.45, 7) is 0.176. The molecule has 2 heterocycles. The molecule has 0 aromatic carbocycles. The van der Waals surface area contributed by atoms with Crippen LogP contribution in [0.4, 0.5) is 0 Å². The molecule has 2 rings (SSSR count). The van der Waals surface area contributed by atoms with E-state index >= 15 is 0 Å². The van der Waals surface area contributed by atoms with Crippen molar-refractivity contribution in [2.45, 2.75) is 50.2 Å². The van der Waals surface area contributed by atoms with Gasteiger partial charge in [0.05, 0.1) is 18.9 Å². The molecule has 3 amide bonds. The molecule has 0 aliphatic carbocycles. The summed E-state index contributed by atoms with van der Waals surface area (Å²) in [5.41, 5.74) is 0.601. The second-order valence-corrected chi connectivity index (χ2v) is 7.10. The van der Waals surface area contributed by atoms with Crippen LogP contribution in [-0.4, -0.2) is 81.1 Å². The molecule has 0 spiro atoms. The predicted octanol–water partition coefficient (Wildman–Crippen LogP) is -2.26. The van der Waals surface area contributed by atoms with Gasteiger partial charge in [-0.15, -0.1) is 0 Å². The molecule has 0 saturated carbocycles. The summed E-state index contributed by atoms with van der Waals surface area (Å²) in [6.07, 6.45) is 3.83. The quantitative estimate of drug-likeness (QED) is 0.188. The van der Waals surface area contributed by atoms with Crippen molar-refractivity contribution in [3.63, 3.8) is 0 Å². The fourth-order valence-electron chi connectivity index (χ4n) is 3.07. The molecule has 3 unspecified atom stereocenters. The number of aromatic nitrogens is 2. The number of carboxylic acid groups (broad SMARTS) is 2. The van der Waals surface area contributed by atoms with E-state index in [9.17, 15) is 24.0 Å². The summed E-state index contributed by atoms with van der Waals surface area (Å²) in [5.74, 6) is -4.33. The van der Waals surface area contributed by atoms with Gasteiger partial charge in [0, 0.05) is 24.7 Å². The van der Waals surface area contributed by atoms with Crippen molar-refractivity contribution in [1.29, 1.82) is 0 Å². The summed E-state index contributed by atoms with van der Waals surface area (Å²) in [5, 5.41) is 28.0. The van der Waals surface area contributed by atoms with Gasteiger partial charge in [-0.3, -0.25) is 19.2 Å². The van der Waals surface area contributed by atoms with E-state index < -0.39 is 54.8 Å². The molecule has 0 bridgehead atoms. The van der Waals surface area contributed by atoms with Crippen LogP contribution in [0, 0.1) is 0 Å². The van der Waals surface area contributed by atoms with Crippen molar-refractivity contribution in [2.75, 3.05) is 13.1 Å². The number of imidazole rings is 1. The van der Waals surface area contributed by atoms with Crippen LogP contribution in [0.3, 0.4) is 0 Å². The van der Waals surface area contributed by atoms with E-state index in [0.29, 0.717) is 18.7 Å². The Hall–Kier alpha value is -3.48. The standard InChI is InChI=1S/C18H26N6O7/c25-14(23-12(18(30)31)3-4-15(26)27)8-21-16(28)13(6-10-7-19-9-22-10)24-17(29)11-2-1-5-20-11/h7,9,11-13,20H,1-6,8H2,(H,19,22)(H,21,28)(H,23,25)(H,24,29)(H,26,27)(H,30,31). The number of carbonyl (C=O) groups excluding carboxylic acids is 3. The fourth-order valence-corrected chi connectivity index (χ4v) is 3.07. The number of hydrogen-bond donors (Lipinski definition) is 7. The maximum Gasteiger partial charge on any atom is 0.326 e. The Bertz CT molecular complexity index is 791. The maximum absolute atomic E-state index is 12.6. The normalized spacial score (nSPS) is 17.4. The van der Waals surface area contributed by atoms with Crippen molar-refractivity contribution >= 4 is 29.7 Å². The van der Waals surface area contributed by atoms with Gasteiger partial charge in [-0.25, -0.2) is 9.78 Å². The first kappa shape index (κ1) is 23.8. The van der Waals surface area contributed by atoms with E-state index in [-0.39, 0.29) is 18.7 Å². The lowest BCUT2D eigenvalue weighted by Crippen LogP contribution is -2.54. The average molecular weight is 438 g/mol. The number of carbonyl (C=O) groups is 5. The third-order valence-corrected chi connectivity index (χ3v) is 4.69. The van der Waals surface area contributed by atoms with Gasteiger partial charge in [-0.05, 0) is 25.8 Å². The highest BCUT2D eigenvalue weighted by molar-refractivity contribution is 5.92. The Morgan fingerprint density at radius 3 is 2.52 bits per heavy atom. The summed E-state index contributed by atoms with van der Waals surface area (Å²) in [7, 11) is 0. The van der Waals surface area contributed by atoms with Crippen LogP contribution in [0.25, 0.3) is 0 Å². The summed E-state index contributed by atoms with van der Waals surface area (Å²) < 4.78 is 0. The third-order valence-electron chi connectivity index (χ3n) is 4.69. The van der Waals surface area contributed by atoms with E-state index in [1.54, 1.807) is 0 Å². The topological polar surface area (TPSA) is 203 Å². The fraction of sp³-hybridized carbons (Fsp3) is 0.556. The van der Waals surface area contributed by atoms with Crippen molar-refractivity contribution in [2.24, 2.45) is 0 Å². The molecule has 0 radical (unpaired) electrons. The first-order valence-electron chi connectivity index (χ1n) is 9.79. The molecule has 1 saturated heterocycles. The zero-order chi connectivity index (χ0) is 22.8.